The number of rotatable bonds is 9. The smallest absolute Gasteiger partial charge is 0.0715 e. The minimum Gasteiger partial charge on any atom is -0.248 e. The van der Waals surface area contributed by atoms with Crippen molar-refractivity contribution in [2.45, 2.75) is 5.41 Å². The van der Waals surface area contributed by atoms with Crippen molar-refractivity contribution in [1.29, 1.82) is 0 Å². The third-order valence-electron chi connectivity index (χ3n) is 13.6. The van der Waals surface area contributed by atoms with Gasteiger partial charge in [-0.05, 0) is 125 Å². The monoisotopic (exact) mass is 851 g/mol. The Hall–Kier alpha value is -8.65. The number of nitrogens with zero attached hydrogens (tertiary/aromatic N) is 1. The van der Waals surface area contributed by atoms with Gasteiger partial charge < -0.3 is 0 Å². The highest BCUT2D eigenvalue weighted by Crippen LogP contribution is 2.58. The minimum atomic E-state index is -0.523. The fraction of sp³-hybridized carbons (Fsp3) is 0.0152. The summed E-state index contributed by atoms with van der Waals surface area (Å²) in [5.74, 6) is 0. The summed E-state index contributed by atoms with van der Waals surface area (Å²) in [7, 11) is 0. The molecule has 0 radical (unpaired) electrons. The van der Waals surface area contributed by atoms with Crippen molar-refractivity contribution in [2.75, 3.05) is 0 Å². The molecule has 1 aliphatic carbocycles. The highest BCUT2D eigenvalue weighted by Gasteiger charge is 2.46. The fourth-order valence-electron chi connectivity index (χ4n) is 10.4. The largest absolute Gasteiger partial charge is 0.248 e. The second kappa shape index (κ2) is 17.0. The van der Waals surface area contributed by atoms with Crippen LogP contribution in [0.1, 0.15) is 22.3 Å². The van der Waals surface area contributed by atoms with Crippen LogP contribution in [-0.4, -0.2) is 4.98 Å². The minimum absolute atomic E-state index is 0.523. The standard InChI is InChI=1S/C66H45N/c1-6-20-46(21-7-1)48-36-38-49(39-37-48)59-44-61-58-34-16-17-35-62(58)66(56-30-12-4-13-31-56,57-32-14-5-15-33-57)63(61)45-60(59)53-28-18-26-51(40-53)52-27-19-29-54(41-52)65-43-55(47-22-8-2-9-23-47)42-64(67-65)50-24-10-3-11-25-50/h1-45H. The fourth-order valence-corrected chi connectivity index (χ4v) is 10.4. The zero-order chi connectivity index (χ0) is 44.6. The Morgan fingerprint density at radius 3 is 1.24 bits per heavy atom. The Labute approximate surface area is 393 Å². The van der Waals surface area contributed by atoms with E-state index < -0.39 is 5.41 Å². The molecular formula is C66H45N. The van der Waals surface area contributed by atoms with E-state index in [9.17, 15) is 0 Å². The summed E-state index contributed by atoms with van der Waals surface area (Å²) in [5, 5.41) is 0. The SMILES string of the molecule is c1ccc(-c2ccc(-c3cc4c(cc3-c3cccc(-c5cccc(-c6cc(-c7ccccc7)cc(-c7ccccc7)n6)c5)c3)C(c3ccccc3)(c3ccccc3)c3ccccc3-4)cc2)cc1. The van der Waals surface area contributed by atoms with Gasteiger partial charge >= 0.3 is 0 Å². The summed E-state index contributed by atoms with van der Waals surface area (Å²) in [4.78, 5) is 5.28. The molecule has 0 N–H and O–H groups in total. The number of hydrogen-bond acceptors (Lipinski definition) is 1. The van der Waals surface area contributed by atoms with Crippen molar-refractivity contribution in [1.82, 2.24) is 4.98 Å². The molecule has 0 aliphatic heterocycles. The first-order valence-corrected chi connectivity index (χ1v) is 23.1. The first-order chi connectivity index (χ1) is 33.2. The quantitative estimate of drug-likeness (QED) is 0.141. The van der Waals surface area contributed by atoms with Crippen LogP contribution in [0.2, 0.25) is 0 Å². The third kappa shape index (κ3) is 7.19. The number of benzene rings is 10. The maximum atomic E-state index is 5.28. The summed E-state index contributed by atoms with van der Waals surface area (Å²) in [6.07, 6.45) is 0. The Kier molecular flexibility index (Phi) is 10.2. The van der Waals surface area contributed by atoms with E-state index >= 15 is 0 Å². The number of aromatic nitrogens is 1. The molecule has 67 heavy (non-hydrogen) atoms. The molecule has 0 saturated heterocycles. The van der Waals surface area contributed by atoms with Crippen LogP contribution in [0.5, 0.6) is 0 Å². The summed E-state index contributed by atoms with van der Waals surface area (Å²) in [6.45, 7) is 0. The zero-order valence-corrected chi connectivity index (χ0v) is 36.9. The molecular weight excluding hydrogens is 807 g/mol. The van der Waals surface area contributed by atoms with E-state index in [0.717, 1.165) is 44.8 Å². The molecule has 0 atom stereocenters. The van der Waals surface area contributed by atoms with Gasteiger partial charge in [0, 0.05) is 11.1 Å². The lowest BCUT2D eigenvalue weighted by molar-refractivity contribution is 0.769. The second-order valence-corrected chi connectivity index (χ2v) is 17.4. The topological polar surface area (TPSA) is 12.9 Å². The number of fused-ring (bicyclic) bond motifs is 3. The summed E-state index contributed by atoms with van der Waals surface area (Å²) >= 11 is 0. The predicted molar refractivity (Wildman–Crippen MR) is 280 cm³/mol. The van der Waals surface area contributed by atoms with Gasteiger partial charge in [-0.1, -0.05) is 237 Å². The normalized spacial score (nSPS) is 12.3. The first-order valence-electron chi connectivity index (χ1n) is 23.1. The van der Waals surface area contributed by atoms with Crippen LogP contribution in [-0.2, 0) is 5.41 Å². The molecule has 0 amide bonds. The van der Waals surface area contributed by atoms with Gasteiger partial charge in [-0.3, -0.25) is 0 Å². The van der Waals surface area contributed by atoms with Crippen molar-refractivity contribution < 1.29 is 0 Å². The lowest BCUT2D eigenvalue weighted by Crippen LogP contribution is -2.28. The lowest BCUT2D eigenvalue weighted by Gasteiger charge is -2.34. The molecule has 0 unspecified atom stereocenters. The van der Waals surface area contributed by atoms with E-state index in [0.29, 0.717) is 0 Å². The molecule has 1 heterocycles. The first kappa shape index (κ1) is 39.9. The van der Waals surface area contributed by atoms with Crippen LogP contribution in [0.25, 0.3) is 89.3 Å². The van der Waals surface area contributed by atoms with E-state index in [2.05, 4.69) is 273 Å². The molecule has 11 aromatic rings. The third-order valence-corrected chi connectivity index (χ3v) is 13.6. The molecule has 0 fully saturated rings. The zero-order valence-electron chi connectivity index (χ0n) is 36.9. The highest BCUT2D eigenvalue weighted by molar-refractivity contribution is 5.96. The van der Waals surface area contributed by atoms with Gasteiger partial charge in [0.05, 0.1) is 16.8 Å². The Balaban J connectivity index is 1.04. The van der Waals surface area contributed by atoms with E-state index in [1.807, 2.05) is 0 Å². The van der Waals surface area contributed by atoms with Crippen LogP contribution in [0.15, 0.2) is 273 Å². The van der Waals surface area contributed by atoms with Gasteiger partial charge in [-0.15, -0.1) is 0 Å². The van der Waals surface area contributed by atoms with Gasteiger partial charge in [0.1, 0.15) is 0 Å². The Bertz CT molecular complexity index is 3430. The average Bonchev–Trinajstić information content (AvgIpc) is 3.72. The van der Waals surface area contributed by atoms with Crippen LogP contribution in [0.3, 0.4) is 0 Å². The summed E-state index contributed by atoms with van der Waals surface area (Å²) in [5.41, 5.74) is 22.9. The molecule has 0 bridgehead atoms. The van der Waals surface area contributed by atoms with E-state index in [1.54, 1.807) is 0 Å². The van der Waals surface area contributed by atoms with Gasteiger partial charge in [0.15, 0.2) is 0 Å². The Morgan fingerprint density at radius 2 is 0.627 bits per heavy atom. The lowest BCUT2D eigenvalue weighted by atomic mass is 9.67. The van der Waals surface area contributed by atoms with Gasteiger partial charge in [0.25, 0.3) is 0 Å². The molecule has 1 heteroatoms. The molecule has 0 spiro atoms. The molecule has 314 valence electrons. The molecule has 1 aromatic heterocycles. The van der Waals surface area contributed by atoms with Crippen LogP contribution in [0.4, 0.5) is 0 Å². The van der Waals surface area contributed by atoms with Crippen LogP contribution < -0.4 is 0 Å². The van der Waals surface area contributed by atoms with Gasteiger partial charge in [0.2, 0.25) is 0 Å². The maximum absolute atomic E-state index is 5.28. The van der Waals surface area contributed by atoms with Crippen molar-refractivity contribution in [2.24, 2.45) is 0 Å². The molecule has 12 rings (SSSR count). The molecule has 0 saturated carbocycles. The maximum Gasteiger partial charge on any atom is 0.0715 e. The van der Waals surface area contributed by atoms with E-state index in [-0.39, 0.29) is 0 Å². The van der Waals surface area contributed by atoms with Crippen LogP contribution >= 0.6 is 0 Å². The predicted octanol–water partition coefficient (Wildman–Crippen LogP) is 17.1. The number of hydrogen-bond donors (Lipinski definition) is 0. The molecule has 1 aliphatic rings. The van der Waals surface area contributed by atoms with Crippen molar-refractivity contribution in [3.05, 3.63) is 295 Å². The van der Waals surface area contributed by atoms with Crippen molar-refractivity contribution in [3.8, 4) is 89.3 Å². The second-order valence-electron chi connectivity index (χ2n) is 17.4. The summed E-state index contributed by atoms with van der Waals surface area (Å²) < 4.78 is 0. The highest BCUT2D eigenvalue weighted by atomic mass is 14.7. The molecule has 10 aromatic carbocycles. The van der Waals surface area contributed by atoms with Crippen LogP contribution in [0, 0.1) is 0 Å². The van der Waals surface area contributed by atoms with Crippen molar-refractivity contribution >= 4 is 0 Å². The average molecular weight is 852 g/mol. The van der Waals surface area contributed by atoms with Gasteiger partial charge in [-0.25, -0.2) is 4.98 Å². The molecule has 1 nitrogen and oxygen atoms in total. The van der Waals surface area contributed by atoms with Crippen molar-refractivity contribution in [3.63, 3.8) is 0 Å². The van der Waals surface area contributed by atoms with Gasteiger partial charge in [-0.2, -0.15) is 0 Å². The van der Waals surface area contributed by atoms with E-state index in [1.165, 1.54) is 66.8 Å². The number of pyridine rings is 1. The Morgan fingerprint density at radius 1 is 0.209 bits per heavy atom. The summed E-state index contributed by atoms with van der Waals surface area (Å²) in [6, 6.07) is 99.4. The van der Waals surface area contributed by atoms with E-state index in [4.69, 9.17) is 4.98 Å².